The van der Waals surface area contributed by atoms with Crippen LogP contribution in [-0.4, -0.2) is 19.6 Å². The molecule has 1 rings (SSSR count). The van der Waals surface area contributed by atoms with Crippen molar-refractivity contribution < 1.29 is 0 Å². The van der Waals surface area contributed by atoms with E-state index in [0.29, 0.717) is 6.04 Å². The standard InChI is InChI=1S/C14H24N2/c1-4-13(15)8-6-10-16(3)14-9-5-7-12(2)11-14/h5,7,9,11,13H,4,6,8,10,15H2,1-3H3. The van der Waals surface area contributed by atoms with Gasteiger partial charge in [-0.3, -0.25) is 0 Å². The van der Waals surface area contributed by atoms with E-state index in [1.165, 1.54) is 17.7 Å². The SMILES string of the molecule is CCC(N)CCCN(C)c1cccc(C)c1. The van der Waals surface area contributed by atoms with Crippen molar-refractivity contribution in [2.45, 2.75) is 39.2 Å². The Bertz CT molecular complexity index is 309. The Kier molecular flexibility index (Phi) is 5.33. The van der Waals surface area contributed by atoms with E-state index in [1.807, 2.05) is 0 Å². The Labute approximate surface area is 99.5 Å². The molecular weight excluding hydrogens is 196 g/mol. The molecular formula is C14H24N2. The van der Waals surface area contributed by atoms with Crippen LogP contribution in [0.1, 0.15) is 31.7 Å². The van der Waals surface area contributed by atoms with E-state index in [4.69, 9.17) is 5.73 Å². The molecule has 0 bridgehead atoms. The molecule has 2 heteroatoms. The minimum absolute atomic E-state index is 0.367. The highest BCUT2D eigenvalue weighted by molar-refractivity contribution is 5.47. The van der Waals surface area contributed by atoms with Gasteiger partial charge in [-0.2, -0.15) is 0 Å². The molecule has 0 saturated heterocycles. The molecule has 1 unspecified atom stereocenters. The van der Waals surface area contributed by atoms with Crippen molar-refractivity contribution in [3.8, 4) is 0 Å². The summed E-state index contributed by atoms with van der Waals surface area (Å²) in [5.74, 6) is 0. The lowest BCUT2D eigenvalue weighted by atomic mass is 10.1. The maximum Gasteiger partial charge on any atom is 0.0366 e. The minimum atomic E-state index is 0.367. The van der Waals surface area contributed by atoms with Gasteiger partial charge in [0.15, 0.2) is 0 Å². The van der Waals surface area contributed by atoms with Crippen LogP contribution in [0.2, 0.25) is 0 Å². The molecule has 0 aliphatic heterocycles. The topological polar surface area (TPSA) is 29.3 Å². The molecule has 0 spiro atoms. The van der Waals surface area contributed by atoms with Crippen molar-refractivity contribution in [2.24, 2.45) is 5.73 Å². The van der Waals surface area contributed by atoms with E-state index >= 15 is 0 Å². The summed E-state index contributed by atoms with van der Waals surface area (Å²) in [5.41, 5.74) is 8.51. The second-order valence-electron chi connectivity index (χ2n) is 4.57. The second-order valence-corrected chi connectivity index (χ2v) is 4.57. The van der Waals surface area contributed by atoms with Crippen molar-refractivity contribution in [2.75, 3.05) is 18.5 Å². The summed E-state index contributed by atoms with van der Waals surface area (Å²) in [7, 11) is 2.15. The van der Waals surface area contributed by atoms with Gasteiger partial charge in [-0.15, -0.1) is 0 Å². The van der Waals surface area contributed by atoms with Gasteiger partial charge < -0.3 is 10.6 Å². The summed E-state index contributed by atoms with van der Waals surface area (Å²) in [6.45, 7) is 5.36. The first-order valence-corrected chi connectivity index (χ1v) is 6.17. The molecule has 0 amide bonds. The van der Waals surface area contributed by atoms with E-state index in [9.17, 15) is 0 Å². The monoisotopic (exact) mass is 220 g/mol. The quantitative estimate of drug-likeness (QED) is 0.798. The predicted octanol–water partition coefficient (Wildman–Crippen LogP) is 2.95. The second kappa shape index (κ2) is 6.54. The highest BCUT2D eigenvalue weighted by Crippen LogP contribution is 2.14. The van der Waals surface area contributed by atoms with Gasteiger partial charge in [0.1, 0.15) is 0 Å². The number of aryl methyl sites for hydroxylation is 1. The fraction of sp³-hybridized carbons (Fsp3) is 0.571. The molecule has 2 nitrogen and oxygen atoms in total. The summed E-state index contributed by atoms with van der Waals surface area (Å²) in [5, 5.41) is 0. The van der Waals surface area contributed by atoms with E-state index < -0.39 is 0 Å². The Balaban J connectivity index is 2.38. The lowest BCUT2D eigenvalue weighted by molar-refractivity contribution is 0.568. The van der Waals surface area contributed by atoms with Crippen molar-refractivity contribution in [3.05, 3.63) is 29.8 Å². The van der Waals surface area contributed by atoms with Crippen LogP contribution in [0.3, 0.4) is 0 Å². The third-order valence-electron chi connectivity index (χ3n) is 3.04. The van der Waals surface area contributed by atoms with Crippen molar-refractivity contribution in [1.29, 1.82) is 0 Å². The number of hydrogen-bond acceptors (Lipinski definition) is 2. The smallest absolute Gasteiger partial charge is 0.0366 e. The zero-order chi connectivity index (χ0) is 12.0. The Hall–Kier alpha value is -1.02. The van der Waals surface area contributed by atoms with Crippen molar-refractivity contribution >= 4 is 5.69 Å². The first kappa shape index (κ1) is 13.0. The molecule has 0 aliphatic carbocycles. The third kappa shape index (κ3) is 4.23. The zero-order valence-corrected chi connectivity index (χ0v) is 10.7. The van der Waals surface area contributed by atoms with E-state index in [1.54, 1.807) is 0 Å². The molecule has 0 radical (unpaired) electrons. The van der Waals surface area contributed by atoms with Gasteiger partial charge in [0, 0.05) is 25.3 Å². The molecule has 16 heavy (non-hydrogen) atoms. The molecule has 2 N–H and O–H groups in total. The van der Waals surface area contributed by atoms with Crippen molar-refractivity contribution in [3.63, 3.8) is 0 Å². The van der Waals surface area contributed by atoms with Crippen LogP contribution in [-0.2, 0) is 0 Å². The van der Waals surface area contributed by atoms with Crippen LogP contribution >= 0.6 is 0 Å². The van der Waals surface area contributed by atoms with Gasteiger partial charge >= 0.3 is 0 Å². The molecule has 1 aromatic carbocycles. The highest BCUT2D eigenvalue weighted by atomic mass is 15.1. The summed E-state index contributed by atoms with van der Waals surface area (Å²) >= 11 is 0. The normalized spacial score (nSPS) is 12.5. The average Bonchev–Trinajstić information content (AvgIpc) is 2.28. The number of anilines is 1. The highest BCUT2D eigenvalue weighted by Gasteiger charge is 2.03. The molecule has 1 aromatic rings. The molecule has 0 fully saturated rings. The molecule has 0 heterocycles. The number of benzene rings is 1. The number of rotatable bonds is 6. The van der Waals surface area contributed by atoms with Crippen LogP contribution in [0.15, 0.2) is 24.3 Å². The molecule has 0 aliphatic rings. The van der Waals surface area contributed by atoms with Gasteiger partial charge in [-0.25, -0.2) is 0 Å². The van der Waals surface area contributed by atoms with E-state index in [0.717, 1.165) is 19.4 Å². The summed E-state index contributed by atoms with van der Waals surface area (Å²) < 4.78 is 0. The Morgan fingerprint density at radius 3 is 2.75 bits per heavy atom. The molecule has 1 atom stereocenters. The van der Waals surface area contributed by atoms with Gasteiger partial charge in [0.05, 0.1) is 0 Å². The molecule has 0 saturated carbocycles. The van der Waals surface area contributed by atoms with Gasteiger partial charge in [-0.1, -0.05) is 19.1 Å². The van der Waals surface area contributed by atoms with Crippen LogP contribution in [0.4, 0.5) is 5.69 Å². The largest absolute Gasteiger partial charge is 0.375 e. The van der Waals surface area contributed by atoms with Crippen LogP contribution in [0, 0.1) is 6.92 Å². The van der Waals surface area contributed by atoms with Gasteiger partial charge in [-0.05, 0) is 43.9 Å². The van der Waals surface area contributed by atoms with Crippen LogP contribution in [0.5, 0.6) is 0 Å². The zero-order valence-electron chi connectivity index (χ0n) is 10.7. The van der Waals surface area contributed by atoms with E-state index in [-0.39, 0.29) is 0 Å². The predicted molar refractivity (Wildman–Crippen MR) is 71.9 cm³/mol. The lowest BCUT2D eigenvalue weighted by Gasteiger charge is -2.20. The van der Waals surface area contributed by atoms with Crippen LogP contribution < -0.4 is 10.6 Å². The van der Waals surface area contributed by atoms with Gasteiger partial charge in [0.25, 0.3) is 0 Å². The number of hydrogen-bond donors (Lipinski definition) is 1. The Morgan fingerprint density at radius 1 is 1.38 bits per heavy atom. The lowest BCUT2D eigenvalue weighted by Crippen LogP contribution is -2.23. The summed E-state index contributed by atoms with van der Waals surface area (Å²) in [4.78, 5) is 2.30. The first-order chi connectivity index (χ1) is 7.63. The number of nitrogens with zero attached hydrogens (tertiary/aromatic N) is 1. The van der Waals surface area contributed by atoms with Gasteiger partial charge in [0.2, 0.25) is 0 Å². The fourth-order valence-electron chi connectivity index (χ4n) is 1.79. The van der Waals surface area contributed by atoms with Crippen LogP contribution in [0.25, 0.3) is 0 Å². The first-order valence-electron chi connectivity index (χ1n) is 6.17. The van der Waals surface area contributed by atoms with E-state index in [2.05, 4.69) is 50.1 Å². The third-order valence-corrected chi connectivity index (χ3v) is 3.04. The average molecular weight is 220 g/mol. The maximum absolute atomic E-state index is 5.90. The Morgan fingerprint density at radius 2 is 2.12 bits per heavy atom. The fourth-order valence-corrected chi connectivity index (χ4v) is 1.79. The maximum atomic E-state index is 5.90. The summed E-state index contributed by atoms with van der Waals surface area (Å²) in [6, 6.07) is 8.99. The summed E-state index contributed by atoms with van der Waals surface area (Å²) in [6.07, 6.45) is 3.36. The number of nitrogens with two attached hydrogens (primary N) is 1. The molecule has 90 valence electrons. The molecule has 0 aromatic heterocycles. The van der Waals surface area contributed by atoms with Crippen molar-refractivity contribution in [1.82, 2.24) is 0 Å². The minimum Gasteiger partial charge on any atom is -0.375 e.